The number of benzene rings is 4. The number of hydrogen-bond acceptors (Lipinski definition) is 2. The van der Waals surface area contributed by atoms with E-state index >= 15 is 0 Å². The average Bonchev–Trinajstić information content (AvgIpc) is 2.78. The molecule has 0 unspecified atom stereocenters. The summed E-state index contributed by atoms with van der Waals surface area (Å²) in [6.45, 7) is 1.72. The van der Waals surface area contributed by atoms with Gasteiger partial charge in [-0.05, 0) is 0 Å². The molecule has 4 rings (SSSR count). The molecule has 4 aromatic carbocycles. The summed E-state index contributed by atoms with van der Waals surface area (Å²) in [5.74, 6) is 0. The monoisotopic (exact) mass is 492 g/mol. The normalized spacial score (nSPS) is 13.3. The van der Waals surface area contributed by atoms with Crippen molar-refractivity contribution in [2.75, 3.05) is 0 Å². The predicted octanol–water partition coefficient (Wildman–Crippen LogP) is 5.67. The first kappa shape index (κ1) is 24.5. The van der Waals surface area contributed by atoms with Gasteiger partial charge in [-0.15, -0.1) is 0 Å². The van der Waals surface area contributed by atoms with Crippen molar-refractivity contribution in [3.63, 3.8) is 0 Å². The van der Waals surface area contributed by atoms with E-state index in [1.54, 1.807) is 0 Å². The van der Waals surface area contributed by atoms with E-state index in [0.717, 1.165) is 38.2 Å². The standard InChI is InChI=1S/C28H30O4P2/c1-22-10-7-15-26(18-22)34(32-33(29,30)31,21-25-13-5-4-6-14-25,27-16-8-11-23(2)19-27)28-17-9-12-24(3)20-28/h4-20H,21H2,1-3H3,(H2,29,30,31). The Morgan fingerprint density at radius 3 is 1.41 bits per heavy atom. The van der Waals surface area contributed by atoms with Crippen LogP contribution in [-0.4, -0.2) is 9.79 Å². The third kappa shape index (κ3) is 4.53. The molecule has 0 heterocycles. The van der Waals surface area contributed by atoms with Crippen molar-refractivity contribution in [3.8, 4) is 0 Å². The van der Waals surface area contributed by atoms with Crippen molar-refractivity contribution in [1.29, 1.82) is 0 Å². The summed E-state index contributed by atoms with van der Waals surface area (Å²) in [6, 6.07) is 33.5. The van der Waals surface area contributed by atoms with Gasteiger partial charge in [0.05, 0.1) is 0 Å². The second-order valence-corrected chi connectivity index (χ2v) is 14.9. The van der Waals surface area contributed by atoms with Gasteiger partial charge < -0.3 is 0 Å². The van der Waals surface area contributed by atoms with Crippen LogP contribution in [0.25, 0.3) is 0 Å². The van der Waals surface area contributed by atoms with Crippen molar-refractivity contribution in [1.82, 2.24) is 0 Å². The van der Waals surface area contributed by atoms with Crippen molar-refractivity contribution >= 4 is 30.6 Å². The zero-order chi connectivity index (χ0) is 24.4. The van der Waals surface area contributed by atoms with E-state index in [1.807, 2.05) is 124 Å². The summed E-state index contributed by atoms with van der Waals surface area (Å²) in [7, 11) is -4.97. The van der Waals surface area contributed by atoms with E-state index in [1.165, 1.54) is 0 Å². The van der Waals surface area contributed by atoms with Gasteiger partial charge in [0, 0.05) is 0 Å². The number of hydrogen-bond donors (Lipinski definition) is 2. The Morgan fingerprint density at radius 2 is 1.06 bits per heavy atom. The van der Waals surface area contributed by atoms with E-state index < -0.39 is 14.7 Å². The van der Waals surface area contributed by atoms with Crippen LogP contribution >= 0.6 is 14.7 Å². The molecule has 0 aliphatic heterocycles. The first-order chi connectivity index (χ1) is 16.1. The van der Waals surface area contributed by atoms with Crippen molar-refractivity contribution in [3.05, 3.63) is 125 Å². The van der Waals surface area contributed by atoms with E-state index in [2.05, 4.69) is 0 Å². The van der Waals surface area contributed by atoms with Gasteiger partial charge in [-0.25, -0.2) is 0 Å². The fourth-order valence-electron chi connectivity index (χ4n) is 4.82. The number of rotatable bonds is 7. The van der Waals surface area contributed by atoms with Gasteiger partial charge in [-0.1, -0.05) is 0 Å². The zero-order valence-electron chi connectivity index (χ0n) is 19.6. The van der Waals surface area contributed by atoms with Crippen LogP contribution in [0, 0.1) is 20.8 Å². The first-order valence-corrected chi connectivity index (χ1v) is 15.0. The van der Waals surface area contributed by atoms with Gasteiger partial charge in [0.2, 0.25) is 0 Å². The Hall–Kier alpha value is -2.58. The van der Waals surface area contributed by atoms with Gasteiger partial charge in [-0.2, -0.15) is 0 Å². The third-order valence-corrected chi connectivity index (χ3v) is 13.6. The molecule has 0 amide bonds. The maximum absolute atomic E-state index is 12.9. The van der Waals surface area contributed by atoms with E-state index in [4.69, 9.17) is 4.31 Å². The molecule has 34 heavy (non-hydrogen) atoms. The van der Waals surface area contributed by atoms with Crippen LogP contribution in [0.2, 0.25) is 0 Å². The van der Waals surface area contributed by atoms with Gasteiger partial charge in [0.25, 0.3) is 0 Å². The molecule has 0 radical (unpaired) electrons. The van der Waals surface area contributed by atoms with Crippen LogP contribution < -0.4 is 15.9 Å². The number of phosphoric acid groups is 1. The minimum atomic E-state index is -4.97. The van der Waals surface area contributed by atoms with Gasteiger partial charge in [-0.3, -0.25) is 0 Å². The van der Waals surface area contributed by atoms with E-state index in [-0.39, 0.29) is 0 Å². The van der Waals surface area contributed by atoms with Crippen molar-refractivity contribution < 1.29 is 18.7 Å². The Bertz CT molecular complexity index is 1250. The molecule has 176 valence electrons. The Labute approximate surface area is 201 Å². The minimum absolute atomic E-state index is 0.313. The molecular weight excluding hydrogens is 462 g/mol. The molecule has 0 aromatic heterocycles. The van der Waals surface area contributed by atoms with E-state index in [0.29, 0.717) is 6.16 Å². The molecule has 0 aliphatic rings. The molecule has 6 heteroatoms. The quantitative estimate of drug-likeness (QED) is 0.327. The van der Waals surface area contributed by atoms with Gasteiger partial charge >= 0.3 is 202 Å². The molecule has 0 saturated carbocycles. The van der Waals surface area contributed by atoms with Crippen LogP contribution in [0.15, 0.2) is 103 Å². The van der Waals surface area contributed by atoms with Crippen LogP contribution in [0.5, 0.6) is 0 Å². The second-order valence-electron chi connectivity index (χ2n) is 8.95. The van der Waals surface area contributed by atoms with Gasteiger partial charge in [0.15, 0.2) is 0 Å². The van der Waals surface area contributed by atoms with Crippen LogP contribution in [0.4, 0.5) is 0 Å². The van der Waals surface area contributed by atoms with Crippen molar-refractivity contribution in [2.45, 2.75) is 26.9 Å². The summed E-state index contributed by atoms with van der Waals surface area (Å²) in [4.78, 5) is 21.0. The first-order valence-electron chi connectivity index (χ1n) is 11.2. The molecule has 0 aliphatic carbocycles. The van der Waals surface area contributed by atoms with Gasteiger partial charge in [0.1, 0.15) is 0 Å². The maximum atomic E-state index is 12.9. The molecule has 0 spiro atoms. The summed E-state index contributed by atoms with van der Waals surface area (Å²) in [5.41, 5.74) is 3.93. The Kier molecular flexibility index (Phi) is 6.66. The fraction of sp³-hybridized carbons (Fsp3) is 0.143. The predicted molar refractivity (Wildman–Crippen MR) is 143 cm³/mol. The summed E-state index contributed by atoms with van der Waals surface area (Å²) in [5, 5.41) is 2.36. The average molecular weight is 492 g/mol. The molecule has 0 saturated heterocycles. The SMILES string of the molecule is Cc1cccc(P(Cc2ccccc2)(OP(=O)(O)O)(c2cccc(C)c2)c2cccc(C)c2)c1. The molecule has 4 nitrogen and oxygen atoms in total. The molecule has 4 aromatic rings. The topological polar surface area (TPSA) is 66.8 Å². The van der Waals surface area contributed by atoms with E-state index in [9.17, 15) is 14.4 Å². The summed E-state index contributed by atoms with van der Waals surface area (Å²) < 4.78 is 19.3. The van der Waals surface area contributed by atoms with Crippen LogP contribution in [-0.2, 0) is 15.0 Å². The molecule has 0 bridgehead atoms. The Morgan fingerprint density at radius 1 is 0.647 bits per heavy atom. The molecule has 0 atom stereocenters. The fourth-order valence-corrected chi connectivity index (χ4v) is 13.0. The molecule has 2 N–H and O–H groups in total. The summed E-state index contributed by atoms with van der Waals surface area (Å²) >= 11 is 0. The second kappa shape index (κ2) is 9.23. The zero-order valence-corrected chi connectivity index (χ0v) is 21.4. The molecular formula is C28H30O4P2. The van der Waals surface area contributed by atoms with Crippen LogP contribution in [0.3, 0.4) is 0 Å². The number of aryl methyl sites for hydroxylation is 3. The molecule has 0 fully saturated rings. The van der Waals surface area contributed by atoms with Crippen LogP contribution in [0.1, 0.15) is 22.3 Å². The van der Waals surface area contributed by atoms with Crippen molar-refractivity contribution in [2.24, 2.45) is 0 Å². The summed E-state index contributed by atoms with van der Waals surface area (Å²) in [6.07, 6.45) is 0.313. The Balaban J connectivity index is 2.28. The third-order valence-electron chi connectivity index (χ3n) is 6.26.